The van der Waals surface area contributed by atoms with Crippen molar-refractivity contribution in [2.75, 3.05) is 26.0 Å². The molecule has 1 atom stereocenters. The average molecular weight is 319 g/mol. The molecule has 0 aromatic carbocycles. The molecular weight excluding hydrogens is 305 g/mol. The second-order valence-corrected chi connectivity index (χ2v) is 5.84. The number of H-pyrrole nitrogens is 1. The number of ether oxygens (including phenoxy) is 2. The average Bonchev–Trinajstić information content (AvgIpc) is 2.82. The number of anilines is 1. The fraction of sp³-hybridized carbons (Fsp3) is 0.444. The van der Waals surface area contributed by atoms with Crippen LogP contribution in [0.5, 0.6) is 0 Å². The molecule has 0 aliphatic heterocycles. The van der Waals surface area contributed by atoms with Gasteiger partial charge in [0, 0.05) is 7.11 Å². The van der Waals surface area contributed by atoms with Crippen LogP contribution in [-0.4, -0.2) is 44.7 Å². The molecule has 2 aromatic rings. The molecule has 21 heavy (non-hydrogen) atoms. The summed E-state index contributed by atoms with van der Waals surface area (Å²) in [4.78, 5) is 30.8. The Hall–Kier alpha value is -1.78. The third-order valence-corrected chi connectivity index (χ3v) is 3.51. The van der Waals surface area contributed by atoms with Crippen molar-refractivity contribution < 1.29 is 23.5 Å². The Labute approximate surface area is 118 Å². The zero-order chi connectivity index (χ0) is 15.5. The molecule has 0 aliphatic carbocycles. The van der Waals surface area contributed by atoms with Gasteiger partial charge in [-0.05, 0) is 0 Å². The first-order valence-electron chi connectivity index (χ1n) is 5.66. The third kappa shape index (κ3) is 3.86. The second kappa shape index (κ2) is 6.33. The van der Waals surface area contributed by atoms with Crippen molar-refractivity contribution in [3.8, 4) is 0 Å². The van der Waals surface area contributed by atoms with Gasteiger partial charge in [0.25, 0.3) is 5.56 Å². The Morgan fingerprint density at radius 3 is 3.00 bits per heavy atom. The SMILES string of the molecule is COP(=O)(O)COCOCn1cnc2c(=O)[nH]c(N)nc21. The minimum absolute atomic E-state index is 0.0187. The van der Waals surface area contributed by atoms with Gasteiger partial charge in [0.2, 0.25) is 5.95 Å². The van der Waals surface area contributed by atoms with E-state index in [-0.39, 0.29) is 30.6 Å². The van der Waals surface area contributed by atoms with Crippen LogP contribution < -0.4 is 11.3 Å². The van der Waals surface area contributed by atoms with Crippen LogP contribution in [0.2, 0.25) is 0 Å². The zero-order valence-corrected chi connectivity index (χ0v) is 11.9. The molecule has 0 fully saturated rings. The Kier molecular flexibility index (Phi) is 4.70. The van der Waals surface area contributed by atoms with Crippen LogP contribution in [0.25, 0.3) is 11.2 Å². The van der Waals surface area contributed by atoms with Gasteiger partial charge in [0.1, 0.15) is 13.5 Å². The molecular formula is C9H14N5O6P. The quantitative estimate of drug-likeness (QED) is 0.346. The summed E-state index contributed by atoms with van der Waals surface area (Å²) in [5.41, 5.74) is 5.39. The molecule has 0 amide bonds. The Morgan fingerprint density at radius 2 is 2.29 bits per heavy atom. The molecule has 12 heteroatoms. The molecule has 1 unspecified atom stereocenters. The number of nitrogen functional groups attached to an aromatic ring is 1. The van der Waals surface area contributed by atoms with Crippen molar-refractivity contribution in [2.24, 2.45) is 0 Å². The van der Waals surface area contributed by atoms with Gasteiger partial charge in [-0.3, -0.25) is 18.9 Å². The van der Waals surface area contributed by atoms with Crippen molar-refractivity contribution >= 4 is 24.7 Å². The summed E-state index contributed by atoms with van der Waals surface area (Å²) in [6, 6.07) is 0. The van der Waals surface area contributed by atoms with Gasteiger partial charge in [0.05, 0.1) is 6.33 Å². The second-order valence-electron chi connectivity index (χ2n) is 3.94. The third-order valence-electron chi connectivity index (χ3n) is 2.43. The van der Waals surface area contributed by atoms with Crippen LogP contribution in [-0.2, 0) is 25.3 Å². The number of aromatic nitrogens is 4. The number of aromatic amines is 1. The molecule has 2 heterocycles. The summed E-state index contributed by atoms with van der Waals surface area (Å²) in [5.74, 6) is -0.0354. The Bertz CT molecular complexity index is 727. The van der Waals surface area contributed by atoms with Crippen molar-refractivity contribution in [1.82, 2.24) is 19.5 Å². The molecule has 116 valence electrons. The van der Waals surface area contributed by atoms with Crippen LogP contribution >= 0.6 is 7.60 Å². The highest BCUT2D eigenvalue weighted by atomic mass is 31.2. The first kappa shape index (κ1) is 15.6. The maximum atomic E-state index is 11.5. The first-order chi connectivity index (χ1) is 9.93. The van der Waals surface area contributed by atoms with Gasteiger partial charge in [0.15, 0.2) is 17.5 Å². The van der Waals surface area contributed by atoms with Crippen LogP contribution in [0.3, 0.4) is 0 Å². The van der Waals surface area contributed by atoms with E-state index < -0.39 is 19.5 Å². The standard InChI is InChI=1S/C9H14N5O6P/c1-18-21(16,17)5-20-4-19-3-14-2-11-6-7(14)12-9(10)13-8(6)15/h2H,3-5H2,1H3,(H,16,17)(H3,10,12,13,15). The maximum Gasteiger partial charge on any atom is 0.353 e. The minimum Gasteiger partial charge on any atom is -0.369 e. The lowest BCUT2D eigenvalue weighted by atomic mass is 10.5. The van der Waals surface area contributed by atoms with E-state index in [1.807, 2.05) is 0 Å². The molecule has 11 nitrogen and oxygen atoms in total. The fourth-order valence-electron chi connectivity index (χ4n) is 1.47. The highest BCUT2D eigenvalue weighted by Gasteiger charge is 2.16. The van der Waals surface area contributed by atoms with Gasteiger partial charge in [-0.25, -0.2) is 4.98 Å². The minimum atomic E-state index is -3.72. The van der Waals surface area contributed by atoms with Crippen LogP contribution in [0.1, 0.15) is 0 Å². The number of fused-ring (bicyclic) bond motifs is 1. The van der Waals surface area contributed by atoms with Crippen molar-refractivity contribution in [1.29, 1.82) is 0 Å². The Balaban J connectivity index is 1.93. The molecule has 0 aliphatic rings. The predicted octanol–water partition coefficient (Wildman–Crippen LogP) is -0.561. The van der Waals surface area contributed by atoms with Gasteiger partial charge in [-0.15, -0.1) is 0 Å². The highest BCUT2D eigenvalue weighted by molar-refractivity contribution is 7.52. The van der Waals surface area contributed by atoms with E-state index in [0.717, 1.165) is 7.11 Å². The molecule has 0 bridgehead atoms. The van der Waals surface area contributed by atoms with Gasteiger partial charge >= 0.3 is 7.60 Å². The summed E-state index contributed by atoms with van der Waals surface area (Å²) in [5, 5.41) is 0. The molecule has 4 N–H and O–H groups in total. The zero-order valence-electron chi connectivity index (χ0n) is 11.1. The fourth-order valence-corrected chi connectivity index (χ4v) is 1.88. The van der Waals surface area contributed by atoms with Crippen LogP contribution in [0.15, 0.2) is 11.1 Å². The van der Waals surface area contributed by atoms with E-state index in [2.05, 4.69) is 19.5 Å². The van der Waals surface area contributed by atoms with E-state index >= 15 is 0 Å². The van der Waals surface area contributed by atoms with Crippen molar-refractivity contribution in [2.45, 2.75) is 6.73 Å². The molecule has 0 saturated heterocycles. The number of nitrogens with two attached hydrogens (primary N) is 1. The van der Waals surface area contributed by atoms with Crippen LogP contribution in [0, 0.1) is 0 Å². The highest BCUT2D eigenvalue weighted by Crippen LogP contribution is 2.40. The summed E-state index contributed by atoms with van der Waals surface area (Å²) >= 11 is 0. The molecule has 0 spiro atoms. The normalized spacial score (nSPS) is 14.4. The van der Waals surface area contributed by atoms with Gasteiger partial charge < -0.3 is 24.6 Å². The number of hydrogen-bond donors (Lipinski definition) is 3. The molecule has 2 rings (SSSR count). The largest absolute Gasteiger partial charge is 0.369 e. The summed E-state index contributed by atoms with van der Waals surface area (Å²) in [6.07, 6.45) is 0.873. The van der Waals surface area contributed by atoms with Crippen molar-refractivity contribution in [3.05, 3.63) is 16.7 Å². The number of imidazole rings is 1. The molecule has 0 saturated carbocycles. The predicted molar refractivity (Wildman–Crippen MR) is 71.3 cm³/mol. The molecule has 2 aromatic heterocycles. The summed E-state index contributed by atoms with van der Waals surface area (Å²) in [6.45, 7) is -0.263. The van der Waals surface area contributed by atoms with E-state index in [1.165, 1.54) is 10.9 Å². The lowest BCUT2D eigenvalue weighted by Crippen LogP contribution is -2.13. The number of hydrogen-bond acceptors (Lipinski definition) is 8. The topological polar surface area (TPSA) is 155 Å². The summed E-state index contributed by atoms with van der Waals surface area (Å²) < 4.78 is 26.8. The van der Waals surface area contributed by atoms with Crippen molar-refractivity contribution in [3.63, 3.8) is 0 Å². The van der Waals surface area contributed by atoms with Gasteiger partial charge in [-0.2, -0.15) is 4.98 Å². The number of rotatable bonds is 7. The van der Waals surface area contributed by atoms with E-state index in [4.69, 9.17) is 20.1 Å². The van der Waals surface area contributed by atoms with E-state index in [0.29, 0.717) is 0 Å². The lowest BCUT2D eigenvalue weighted by Gasteiger charge is -2.10. The Morgan fingerprint density at radius 1 is 1.52 bits per heavy atom. The number of nitrogens with one attached hydrogen (secondary N) is 1. The first-order valence-corrected chi connectivity index (χ1v) is 7.43. The monoisotopic (exact) mass is 319 g/mol. The summed E-state index contributed by atoms with van der Waals surface area (Å²) in [7, 11) is -2.61. The van der Waals surface area contributed by atoms with Crippen LogP contribution in [0.4, 0.5) is 5.95 Å². The maximum absolute atomic E-state index is 11.5. The van der Waals surface area contributed by atoms with Gasteiger partial charge in [-0.1, -0.05) is 0 Å². The number of nitrogens with zero attached hydrogens (tertiary/aromatic N) is 3. The molecule has 0 radical (unpaired) electrons. The smallest absolute Gasteiger partial charge is 0.353 e. The van der Waals surface area contributed by atoms with E-state index in [1.54, 1.807) is 0 Å². The lowest BCUT2D eigenvalue weighted by molar-refractivity contribution is -0.0680. The van der Waals surface area contributed by atoms with E-state index in [9.17, 15) is 9.36 Å².